The molecule has 1 fully saturated rings. The van der Waals surface area contributed by atoms with E-state index in [0.717, 1.165) is 12.8 Å². The molecule has 0 atom stereocenters. The van der Waals surface area contributed by atoms with Gasteiger partial charge in [-0.15, -0.1) is 0 Å². The van der Waals surface area contributed by atoms with E-state index >= 15 is 0 Å². The van der Waals surface area contributed by atoms with Crippen LogP contribution in [0.3, 0.4) is 0 Å². The monoisotopic (exact) mass is 378 g/mol. The third kappa shape index (κ3) is 6.32. The second-order valence-corrected chi connectivity index (χ2v) is 6.07. The Morgan fingerprint density at radius 3 is 2.78 bits per heavy atom. The van der Waals surface area contributed by atoms with Crippen LogP contribution in [0.15, 0.2) is 29.3 Å². The van der Waals surface area contributed by atoms with Gasteiger partial charge < -0.3 is 26.0 Å². The summed E-state index contributed by atoms with van der Waals surface area (Å²) >= 11 is 0. The number of nitrogens with two attached hydrogens (primary N) is 1. The Bertz CT molecular complexity index is 673. The van der Waals surface area contributed by atoms with Crippen LogP contribution in [0, 0.1) is 10.1 Å². The molecule has 1 aromatic rings. The molecule has 0 spiro atoms. The number of nitro benzene ring substituents is 1. The lowest BCUT2D eigenvalue weighted by Crippen LogP contribution is -2.48. The van der Waals surface area contributed by atoms with Crippen molar-refractivity contribution in [3.63, 3.8) is 0 Å². The summed E-state index contributed by atoms with van der Waals surface area (Å²) in [6.07, 6.45) is 1.26. The predicted octanol–water partition coefficient (Wildman–Crippen LogP) is 1.53. The summed E-state index contributed by atoms with van der Waals surface area (Å²) in [4.78, 5) is 28.1. The molecule has 148 valence electrons. The van der Waals surface area contributed by atoms with Crippen LogP contribution >= 0.6 is 0 Å². The standard InChI is InChI=1S/C17H26N6O4/c1-2-27-17(24)22-11-7-13(8-12-22)21-16(18)20-10-9-19-14-5-3-4-6-15(14)23(25)26/h3-6,13,19H,2,7-12H2,1H3,(H3,18,20,21). The molecule has 0 saturated carbocycles. The number of piperidine rings is 1. The van der Waals surface area contributed by atoms with E-state index in [4.69, 9.17) is 10.5 Å². The van der Waals surface area contributed by atoms with Crippen molar-refractivity contribution in [2.24, 2.45) is 10.7 Å². The topological polar surface area (TPSA) is 135 Å². The normalized spacial score (nSPS) is 15.3. The minimum atomic E-state index is -0.426. The third-order valence-corrected chi connectivity index (χ3v) is 4.18. The summed E-state index contributed by atoms with van der Waals surface area (Å²) in [5.74, 6) is 0.328. The van der Waals surface area contributed by atoms with Gasteiger partial charge in [-0.05, 0) is 25.8 Å². The molecule has 0 unspecified atom stereocenters. The quantitative estimate of drug-likeness (QED) is 0.215. The molecule has 0 radical (unpaired) electrons. The number of anilines is 1. The van der Waals surface area contributed by atoms with E-state index in [1.165, 1.54) is 6.07 Å². The van der Waals surface area contributed by atoms with Crippen molar-refractivity contribution >= 4 is 23.4 Å². The smallest absolute Gasteiger partial charge is 0.409 e. The van der Waals surface area contributed by atoms with Crippen LogP contribution in [0.4, 0.5) is 16.2 Å². The largest absolute Gasteiger partial charge is 0.450 e. The lowest BCUT2D eigenvalue weighted by Gasteiger charge is -2.31. The minimum Gasteiger partial charge on any atom is -0.450 e. The third-order valence-electron chi connectivity index (χ3n) is 4.18. The van der Waals surface area contributed by atoms with E-state index in [9.17, 15) is 14.9 Å². The molecule has 1 saturated heterocycles. The van der Waals surface area contributed by atoms with Crippen molar-refractivity contribution in [2.45, 2.75) is 25.8 Å². The number of benzene rings is 1. The number of hydrogen-bond acceptors (Lipinski definition) is 6. The molecule has 1 aliphatic rings. The summed E-state index contributed by atoms with van der Waals surface area (Å²) in [7, 11) is 0. The van der Waals surface area contributed by atoms with Gasteiger partial charge in [-0.1, -0.05) is 12.1 Å². The molecule has 0 bridgehead atoms. The summed E-state index contributed by atoms with van der Waals surface area (Å²) in [5.41, 5.74) is 6.38. The number of hydrogen-bond donors (Lipinski definition) is 3. The fourth-order valence-corrected chi connectivity index (χ4v) is 2.83. The fraction of sp³-hybridized carbons (Fsp3) is 0.529. The molecule has 27 heavy (non-hydrogen) atoms. The summed E-state index contributed by atoms with van der Waals surface area (Å²) in [6, 6.07) is 6.61. The van der Waals surface area contributed by atoms with E-state index in [2.05, 4.69) is 15.6 Å². The molecule has 10 nitrogen and oxygen atoms in total. The van der Waals surface area contributed by atoms with E-state index in [-0.39, 0.29) is 17.8 Å². The first kappa shape index (κ1) is 20.3. The Morgan fingerprint density at radius 2 is 2.11 bits per heavy atom. The zero-order valence-electron chi connectivity index (χ0n) is 15.4. The van der Waals surface area contributed by atoms with E-state index in [1.54, 1.807) is 30.0 Å². The molecule has 1 aromatic carbocycles. The number of carbonyl (C=O) groups excluding carboxylic acids is 1. The molecule has 1 amide bonds. The van der Waals surface area contributed by atoms with Crippen LogP contribution in [0.1, 0.15) is 19.8 Å². The predicted molar refractivity (Wildman–Crippen MR) is 103 cm³/mol. The Kier molecular flexibility index (Phi) is 7.65. The van der Waals surface area contributed by atoms with Crippen molar-refractivity contribution in [1.82, 2.24) is 10.2 Å². The number of nitrogens with zero attached hydrogens (tertiary/aromatic N) is 3. The van der Waals surface area contributed by atoms with Crippen molar-refractivity contribution in [3.8, 4) is 0 Å². The van der Waals surface area contributed by atoms with Gasteiger partial charge >= 0.3 is 6.09 Å². The molecule has 1 aliphatic heterocycles. The van der Waals surface area contributed by atoms with Gasteiger partial charge in [0, 0.05) is 31.7 Å². The first-order valence-corrected chi connectivity index (χ1v) is 8.96. The maximum absolute atomic E-state index is 11.7. The van der Waals surface area contributed by atoms with Gasteiger partial charge in [0.1, 0.15) is 5.69 Å². The number of nitrogens with one attached hydrogen (secondary N) is 2. The lowest BCUT2D eigenvalue weighted by molar-refractivity contribution is -0.384. The number of amides is 1. The molecule has 4 N–H and O–H groups in total. The highest BCUT2D eigenvalue weighted by Crippen LogP contribution is 2.22. The first-order valence-electron chi connectivity index (χ1n) is 8.96. The Balaban J connectivity index is 1.71. The molecule has 2 rings (SSSR count). The molecular formula is C17H26N6O4. The van der Waals surface area contributed by atoms with Crippen LogP contribution in [0.2, 0.25) is 0 Å². The van der Waals surface area contributed by atoms with Crippen LogP contribution in [0.25, 0.3) is 0 Å². The number of likely N-dealkylation sites (tertiary alicyclic amines) is 1. The molecule has 0 aromatic heterocycles. The maximum atomic E-state index is 11.7. The van der Waals surface area contributed by atoms with Gasteiger partial charge in [-0.2, -0.15) is 0 Å². The fourth-order valence-electron chi connectivity index (χ4n) is 2.83. The highest BCUT2D eigenvalue weighted by molar-refractivity contribution is 5.78. The van der Waals surface area contributed by atoms with Gasteiger partial charge in [0.15, 0.2) is 5.96 Å². The molecule has 0 aliphatic carbocycles. The SMILES string of the molecule is CCOC(=O)N1CCC(NC(N)=NCCNc2ccccc2[N+](=O)[O-])CC1. The van der Waals surface area contributed by atoms with Gasteiger partial charge in [0.05, 0.1) is 18.1 Å². The van der Waals surface area contributed by atoms with E-state index in [1.807, 2.05) is 0 Å². The molecule has 1 heterocycles. The molecular weight excluding hydrogens is 352 g/mol. The number of ether oxygens (including phenoxy) is 1. The Hall–Kier alpha value is -3.04. The summed E-state index contributed by atoms with van der Waals surface area (Å²) < 4.78 is 4.99. The van der Waals surface area contributed by atoms with E-state index in [0.29, 0.717) is 44.4 Å². The maximum Gasteiger partial charge on any atom is 0.409 e. The zero-order valence-corrected chi connectivity index (χ0v) is 15.4. The first-order chi connectivity index (χ1) is 13.0. The van der Waals surface area contributed by atoms with Gasteiger partial charge in [-0.25, -0.2) is 4.79 Å². The number of nitro groups is 1. The highest BCUT2D eigenvalue weighted by Gasteiger charge is 2.23. The minimum absolute atomic E-state index is 0.0286. The van der Waals surface area contributed by atoms with Gasteiger partial charge in [0.25, 0.3) is 5.69 Å². The van der Waals surface area contributed by atoms with Crippen molar-refractivity contribution in [2.75, 3.05) is 38.1 Å². The number of rotatable bonds is 7. The number of para-hydroxylation sites is 2. The van der Waals surface area contributed by atoms with Crippen LogP contribution in [-0.2, 0) is 4.74 Å². The van der Waals surface area contributed by atoms with E-state index < -0.39 is 4.92 Å². The average molecular weight is 378 g/mol. The number of aliphatic imine (C=N–C) groups is 1. The second kappa shape index (κ2) is 10.2. The van der Waals surface area contributed by atoms with Gasteiger partial charge in [-0.3, -0.25) is 15.1 Å². The summed E-state index contributed by atoms with van der Waals surface area (Å²) in [5, 5.41) is 17.1. The van der Waals surface area contributed by atoms with Crippen molar-refractivity contribution in [3.05, 3.63) is 34.4 Å². The van der Waals surface area contributed by atoms with Crippen LogP contribution < -0.4 is 16.4 Å². The Morgan fingerprint density at radius 1 is 1.41 bits per heavy atom. The van der Waals surface area contributed by atoms with Crippen LogP contribution in [-0.4, -0.2) is 60.7 Å². The van der Waals surface area contributed by atoms with Crippen LogP contribution in [0.5, 0.6) is 0 Å². The number of carbonyl (C=O) groups is 1. The lowest BCUT2D eigenvalue weighted by atomic mass is 10.1. The summed E-state index contributed by atoms with van der Waals surface area (Å²) in [6.45, 7) is 4.19. The number of guanidine groups is 1. The Labute approximate surface area is 157 Å². The zero-order chi connectivity index (χ0) is 19.6. The second-order valence-electron chi connectivity index (χ2n) is 6.07. The van der Waals surface area contributed by atoms with Gasteiger partial charge in [0.2, 0.25) is 0 Å². The van der Waals surface area contributed by atoms with Crippen molar-refractivity contribution in [1.29, 1.82) is 0 Å². The highest BCUT2D eigenvalue weighted by atomic mass is 16.6. The van der Waals surface area contributed by atoms with Crippen molar-refractivity contribution < 1.29 is 14.5 Å². The average Bonchev–Trinajstić information content (AvgIpc) is 2.66. The molecule has 10 heteroatoms.